The second kappa shape index (κ2) is 5.91. The SMILES string of the molecule is CC(=NNC(=O)c1ccccn1)c1ccc(C)cc1. The average Bonchev–Trinajstić information content (AvgIpc) is 2.46. The van der Waals surface area contributed by atoms with Crippen LogP contribution in [0.4, 0.5) is 0 Å². The molecule has 1 aromatic carbocycles. The van der Waals surface area contributed by atoms with Gasteiger partial charge in [0.2, 0.25) is 0 Å². The van der Waals surface area contributed by atoms with Crippen LogP contribution in [0.15, 0.2) is 53.8 Å². The van der Waals surface area contributed by atoms with E-state index in [1.165, 1.54) is 5.56 Å². The number of aryl methyl sites for hydroxylation is 1. The summed E-state index contributed by atoms with van der Waals surface area (Å²) in [7, 11) is 0. The first kappa shape index (κ1) is 13.0. The molecule has 4 heteroatoms. The Kier molecular flexibility index (Phi) is 4.03. The van der Waals surface area contributed by atoms with Gasteiger partial charge in [-0.1, -0.05) is 35.9 Å². The number of benzene rings is 1. The lowest BCUT2D eigenvalue weighted by molar-refractivity contribution is 0.0950. The fourth-order valence-corrected chi connectivity index (χ4v) is 1.55. The third kappa shape index (κ3) is 3.48. The van der Waals surface area contributed by atoms with Gasteiger partial charge in [0.05, 0.1) is 5.71 Å². The summed E-state index contributed by atoms with van der Waals surface area (Å²) in [6.45, 7) is 3.88. The minimum Gasteiger partial charge on any atom is -0.266 e. The molecule has 0 radical (unpaired) electrons. The molecule has 0 atom stereocenters. The van der Waals surface area contributed by atoms with Gasteiger partial charge in [0.1, 0.15) is 5.69 Å². The van der Waals surface area contributed by atoms with Crippen molar-refractivity contribution in [3.63, 3.8) is 0 Å². The molecule has 1 N–H and O–H groups in total. The molecule has 0 bridgehead atoms. The highest BCUT2D eigenvalue weighted by Crippen LogP contribution is 2.04. The normalized spacial score (nSPS) is 11.2. The number of hydrogen-bond acceptors (Lipinski definition) is 3. The Hall–Kier alpha value is -2.49. The van der Waals surface area contributed by atoms with Crippen LogP contribution < -0.4 is 5.43 Å². The van der Waals surface area contributed by atoms with E-state index in [2.05, 4.69) is 15.5 Å². The molecule has 1 aromatic heterocycles. The van der Waals surface area contributed by atoms with E-state index in [1.807, 2.05) is 38.1 Å². The molecule has 2 rings (SSSR count). The molecule has 0 unspecified atom stereocenters. The van der Waals surface area contributed by atoms with Gasteiger partial charge in [-0.05, 0) is 31.5 Å². The Bertz CT molecular complexity index is 589. The van der Waals surface area contributed by atoms with Crippen molar-refractivity contribution >= 4 is 11.6 Å². The van der Waals surface area contributed by atoms with Gasteiger partial charge in [-0.3, -0.25) is 9.78 Å². The number of nitrogens with zero attached hydrogens (tertiary/aromatic N) is 2. The smallest absolute Gasteiger partial charge is 0.266 e. The molecule has 0 spiro atoms. The van der Waals surface area contributed by atoms with Crippen molar-refractivity contribution in [2.75, 3.05) is 0 Å². The van der Waals surface area contributed by atoms with Crippen LogP contribution in [-0.4, -0.2) is 16.6 Å². The van der Waals surface area contributed by atoms with Crippen molar-refractivity contribution in [3.05, 3.63) is 65.5 Å². The fraction of sp³-hybridized carbons (Fsp3) is 0.133. The van der Waals surface area contributed by atoms with Gasteiger partial charge >= 0.3 is 0 Å². The average molecular weight is 253 g/mol. The third-order valence-corrected chi connectivity index (χ3v) is 2.69. The molecule has 0 fully saturated rings. The largest absolute Gasteiger partial charge is 0.289 e. The number of pyridine rings is 1. The fourth-order valence-electron chi connectivity index (χ4n) is 1.55. The summed E-state index contributed by atoms with van der Waals surface area (Å²) in [6.07, 6.45) is 1.57. The Balaban J connectivity index is 2.06. The lowest BCUT2D eigenvalue weighted by Crippen LogP contribution is -2.20. The van der Waals surface area contributed by atoms with Crippen LogP contribution in [0.25, 0.3) is 0 Å². The second-order valence-corrected chi connectivity index (χ2v) is 4.22. The van der Waals surface area contributed by atoms with Gasteiger partial charge in [0, 0.05) is 6.20 Å². The van der Waals surface area contributed by atoms with Gasteiger partial charge in [-0.15, -0.1) is 0 Å². The first-order chi connectivity index (χ1) is 9.16. The molecule has 0 aliphatic rings. The van der Waals surface area contributed by atoms with Crippen molar-refractivity contribution in [3.8, 4) is 0 Å². The lowest BCUT2D eigenvalue weighted by Gasteiger charge is -2.03. The molecule has 19 heavy (non-hydrogen) atoms. The molecule has 0 saturated carbocycles. The molecule has 0 aliphatic heterocycles. The standard InChI is InChI=1S/C15H15N3O/c1-11-6-8-13(9-7-11)12(2)17-18-15(19)14-5-3-4-10-16-14/h3-10H,1-2H3,(H,18,19). The Morgan fingerprint density at radius 3 is 2.53 bits per heavy atom. The van der Waals surface area contributed by atoms with Crippen LogP contribution in [0.3, 0.4) is 0 Å². The highest BCUT2D eigenvalue weighted by molar-refractivity contribution is 6.00. The number of rotatable bonds is 3. The maximum Gasteiger partial charge on any atom is 0.289 e. The number of hydrogen-bond donors (Lipinski definition) is 1. The van der Waals surface area contributed by atoms with Crippen LogP contribution in [0.2, 0.25) is 0 Å². The van der Waals surface area contributed by atoms with Crippen molar-refractivity contribution in [1.29, 1.82) is 0 Å². The summed E-state index contributed by atoms with van der Waals surface area (Å²) in [4.78, 5) is 15.7. The van der Waals surface area contributed by atoms with E-state index in [0.29, 0.717) is 5.69 Å². The van der Waals surface area contributed by atoms with Gasteiger partial charge in [-0.25, -0.2) is 5.43 Å². The maximum atomic E-state index is 11.8. The molecular formula is C15H15N3O. The second-order valence-electron chi connectivity index (χ2n) is 4.22. The quantitative estimate of drug-likeness (QED) is 0.675. The number of aromatic nitrogens is 1. The van der Waals surface area contributed by atoms with E-state index in [0.717, 1.165) is 11.3 Å². The van der Waals surface area contributed by atoms with Crippen molar-refractivity contribution in [1.82, 2.24) is 10.4 Å². The minimum atomic E-state index is -0.313. The summed E-state index contributed by atoms with van der Waals surface area (Å²) in [6, 6.07) is 13.1. The van der Waals surface area contributed by atoms with E-state index in [1.54, 1.807) is 24.4 Å². The zero-order valence-electron chi connectivity index (χ0n) is 10.9. The van der Waals surface area contributed by atoms with Crippen LogP contribution in [0.1, 0.15) is 28.5 Å². The number of hydrazone groups is 1. The summed E-state index contributed by atoms with van der Waals surface area (Å²) in [5.41, 5.74) is 5.77. The zero-order chi connectivity index (χ0) is 13.7. The van der Waals surface area contributed by atoms with Gasteiger partial charge < -0.3 is 0 Å². The van der Waals surface area contributed by atoms with E-state index >= 15 is 0 Å². The molecule has 2 aromatic rings. The van der Waals surface area contributed by atoms with Crippen molar-refractivity contribution in [2.24, 2.45) is 5.10 Å². The van der Waals surface area contributed by atoms with E-state index < -0.39 is 0 Å². The molecule has 4 nitrogen and oxygen atoms in total. The van der Waals surface area contributed by atoms with Crippen molar-refractivity contribution in [2.45, 2.75) is 13.8 Å². The molecular weight excluding hydrogens is 238 g/mol. The number of nitrogens with one attached hydrogen (secondary N) is 1. The minimum absolute atomic E-state index is 0.313. The van der Waals surface area contributed by atoms with Gasteiger partial charge in [0.25, 0.3) is 5.91 Å². The van der Waals surface area contributed by atoms with Crippen LogP contribution in [0.5, 0.6) is 0 Å². The summed E-state index contributed by atoms with van der Waals surface area (Å²) < 4.78 is 0. The molecule has 0 saturated heterocycles. The highest BCUT2D eigenvalue weighted by atomic mass is 16.2. The summed E-state index contributed by atoms with van der Waals surface area (Å²) in [5, 5.41) is 4.08. The highest BCUT2D eigenvalue weighted by Gasteiger charge is 2.04. The van der Waals surface area contributed by atoms with E-state index in [9.17, 15) is 4.79 Å². The first-order valence-corrected chi connectivity index (χ1v) is 5.99. The third-order valence-electron chi connectivity index (χ3n) is 2.69. The molecule has 1 amide bonds. The topological polar surface area (TPSA) is 54.4 Å². The lowest BCUT2D eigenvalue weighted by atomic mass is 10.1. The molecule has 96 valence electrons. The zero-order valence-corrected chi connectivity index (χ0v) is 10.9. The van der Waals surface area contributed by atoms with Crippen LogP contribution in [0, 0.1) is 6.92 Å². The molecule has 0 aliphatic carbocycles. The molecule has 1 heterocycles. The van der Waals surface area contributed by atoms with Gasteiger partial charge in [0.15, 0.2) is 0 Å². The first-order valence-electron chi connectivity index (χ1n) is 5.99. The van der Waals surface area contributed by atoms with Crippen LogP contribution in [-0.2, 0) is 0 Å². The van der Waals surface area contributed by atoms with Crippen LogP contribution >= 0.6 is 0 Å². The van der Waals surface area contributed by atoms with E-state index in [-0.39, 0.29) is 5.91 Å². The Morgan fingerprint density at radius 1 is 1.16 bits per heavy atom. The van der Waals surface area contributed by atoms with Gasteiger partial charge in [-0.2, -0.15) is 5.10 Å². The monoisotopic (exact) mass is 253 g/mol. The summed E-state index contributed by atoms with van der Waals surface area (Å²) in [5.74, 6) is -0.313. The Labute approximate surface area is 112 Å². The Morgan fingerprint density at radius 2 is 1.89 bits per heavy atom. The maximum absolute atomic E-state index is 11.8. The number of carbonyl (C=O) groups excluding carboxylic acids is 1. The van der Waals surface area contributed by atoms with E-state index in [4.69, 9.17) is 0 Å². The summed E-state index contributed by atoms with van der Waals surface area (Å²) >= 11 is 0. The number of amides is 1. The van der Waals surface area contributed by atoms with Crippen molar-refractivity contribution < 1.29 is 4.79 Å². The number of carbonyl (C=O) groups is 1. The predicted molar refractivity (Wildman–Crippen MR) is 75.1 cm³/mol. The predicted octanol–water partition coefficient (Wildman–Crippen LogP) is 2.54.